The molecular weight excluding hydrogens is 581 g/mol. The summed E-state index contributed by atoms with van der Waals surface area (Å²) in [5, 5.41) is 19.7. The Labute approximate surface area is 256 Å². The molecule has 226 valence electrons. The molecule has 0 saturated carbocycles. The fourth-order valence-electron chi connectivity index (χ4n) is 5.76. The Balaban J connectivity index is 0.00000155. The minimum atomic E-state index is -0.766. The molecule has 4 N–H and O–H groups in total. The molecule has 2 saturated heterocycles. The molecule has 2 amide bonds. The van der Waals surface area contributed by atoms with Crippen LogP contribution in [0.25, 0.3) is 0 Å². The van der Waals surface area contributed by atoms with Gasteiger partial charge < -0.3 is 25.8 Å². The first-order valence-corrected chi connectivity index (χ1v) is 14.6. The maximum atomic E-state index is 13.9. The molecule has 42 heavy (non-hydrogen) atoms. The van der Waals surface area contributed by atoms with E-state index in [1.54, 1.807) is 17.0 Å². The molecule has 1 unspecified atom stereocenters. The van der Waals surface area contributed by atoms with Crippen LogP contribution in [0.2, 0.25) is 10.0 Å². The van der Waals surface area contributed by atoms with E-state index in [2.05, 4.69) is 28.4 Å². The van der Waals surface area contributed by atoms with Gasteiger partial charge in [-0.3, -0.25) is 19.3 Å². The molecule has 0 aromatic heterocycles. The normalized spacial score (nSPS) is 20.8. The predicted molar refractivity (Wildman–Crippen MR) is 160 cm³/mol. The van der Waals surface area contributed by atoms with Gasteiger partial charge in [-0.15, -0.1) is 0 Å². The number of rotatable bonds is 10. The van der Waals surface area contributed by atoms with E-state index in [0.717, 1.165) is 19.3 Å². The summed E-state index contributed by atoms with van der Waals surface area (Å²) in [4.78, 5) is 39.7. The maximum Gasteiger partial charge on any atom is 0.290 e. The first-order chi connectivity index (χ1) is 20.2. The quantitative estimate of drug-likeness (QED) is 0.342. The molecule has 0 aliphatic carbocycles. The molecular formula is C30H37Cl2N5O5. The van der Waals surface area contributed by atoms with E-state index >= 15 is 0 Å². The summed E-state index contributed by atoms with van der Waals surface area (Å²) < 4.78 is 5.40. The van der Waals surface area contributed by atoms with Crippen molar-refractivity contribution in [1.29, 1.82) is 5.26 Å². The second-order valence-electron chi connectivity index (χ2n) is 10.3. The molecule has 10 nitrogen and oxygen atoms in total. The minimum Gasteiger partial charge on any atom is -0.495 e. The number of ether oxygens (including phenoxy) is 1. The Morgan fingerprint density at radius 3 is 2.67 bits per heavy atom. The highest BCUT2D eigenvalue weighted by atomic mass is 35.5. The van der Waals surface area contributed by atoms with Gasteiger partial charge in [0.1, 0.15) is 16.8 Å². The van der Waals surface area contributed by atoms with Crippen molar-refractivity contribution in [1.82, 2.24) is 15.1 Å². The topological polar surface area (TPSA) is 149 Å². The highest BCUT2D eigenvalue weighted by molar-refractivity contribution is 6.43. The lowest BCUT2D eigenvalue weighted by molar-refractivity contribution is -0.143. The number of hydrogen-bond donors (Lipinski definition) is 3. The smallest absolute Gasteiger partial charge is 0.290 e. The molecule has 4 atom stereocenters. The van der Waals surface area contributed by atoms with E-state index < -0.39 is 6.04 Å². The van der Waals surface area contributed by atoms with Crippen LogP contribution < -0.4 is 15.8 Å². The van der Waals surface area contributed by atoms with Gasteiger partial charge in [0.25, 0.3) is 6.47 Å². The molecule has 2 aromatic rings. The summed E-state index contributed by atoms with van der Waals surface area (Å²) >= 11 is 12.4. The van der Waals surface area contributed by atoms with E-state index in [9.17, 15) is 14.9 Å². The van der Waals surface area contributed by atoms with Crippen LogP contribution in [0, 0.1) is 11.3 Å². The fourth-order valence-corrected chi connectivity index (χ4v) is 6.17. The first kappa shape index (κ1) is 33.1. The average molecular weight is 619 g/mol. The number of carbonyl (C=O) groups excluding carboxylic acids is 2. The number of amides is 2. The number of nitrogens with zero attached hydrogens (tertiary/aromatic N) is 3. The number of benzene rings is 2. The number of nitrogens with two attached hydrogens (primary N) is 1. The third-order valence-corrected chi connectivity index (χ3v) is 8.51. The van der Waals surface area contributed by atoms with Crippen LogP contribution in [0.15, 0.2) is 42.5 Å². The van der Waals surface area contributed by atoms with Gasteiger partial charge in [-0.05, 0) is 43.7 Å². The van der Waals surface area contributed by atoms with Crippen molar-refractivity contribution in [2.24, 2.45) is 5.73 Å². The minimum absolute atomic E-state index is 0.0876. The Morgan fingerprint density at radius 2 is 2.00 bits per heavy atom. The second-order valence-corrected chi connectivity index (χ2v) is 11.1. The van der Waals surface area contributed by atoms with Gasteiger partial charge in [-0.2, -0.15) is 5.26 Å². The predicted octanol–water partition coefficient (Wildman–Crippen LogP) is 3.63. The largest absolute Gasteiger partial charge is 0.495 e. The van der Waals surface area contributed by atoms with Crippen molar-refractivity contribution in [3.8, 4) is 11.8 Å². The Bertz CT molecular complexity index is 1260. The lowest BCUT2D eigenvalue weighted by Gasteiger charge is -2.32. The molecule has 2 fully saturated rings. The number of nitrogens with one attached hydrogen (secondary N) is 1. The van der Waals surface area contributed by atoms with E-state index in [4.69, 9.17) is 43.6 Å². The van der Waals surface area contributed by atoms with Crippen LogP contribution in [0.5, 0.6) is 5.75 Å². The van der Waals surface area contributed by atoms with Gasteiger partial charge in [-0.1, -0.05) is 59.6 Å². The number of methoxy groups -OCH3 is 1. The summed E-state index contributed by atoms with van der Waals surface area (Å²) in [6.07, 6.45) is 3.51. The number of nitriles is 1. The monoisotopic (exact) mass is 617 g/mol. The van der Waals surface area contributed by atoms with Crippen LogP contribution in [0.3, 0.4) is 0 Å². The van der Waals surface area contributed by atoms with E-state index in [0.29, 0.717) is 35.8 Å². The van der Waals surface area contributed by atoms with Crippen LogP contribution in [-0.2, 0) is 27.3 Å². The fraction of sp³-hybridized carbons (Fsp3) is 0.467. The summed E-state index contributed by atoms with van der Waals surface area (Å²) in [5.41, 5.74) is 8.25. The Morgan fingerprint density at radius 1 is 1.29 bits per heavy atom. The van der Waals surface area contributed by atoms with Crippen LogP contribution in [-0.4, -0.2) is 77.6 Å². The van der Waals surface area contributed by atoms with Crippen LogP contribution in [0.1, 0.15) is 43.2 Å². The van der Waals surface area contributed by atoms with E-state index in [1.807, 2.05) is 18.2 Å². The SMILES string of the molecule is COc1c(CNC(=O)[C@@H](CCC#N)N2CCC(CCc3ccccc3)N3C[C@H](N)C[C@H]3C2=O)ccc(Cl)c1Cl.O=CO. The molecule has 0 radical (unpaired) electrons. The number of carboxylic acid groups (broad SMARTS) is 1. The summed E-state index contributed by atoms with van der Waals surface area (Å²) in [6, 6.07) is 14.8. The van der Waals surface area contributed by atoms with Gasteiger partial charge in [-0.25, -0.2) is 0 Å². The lowest BCUT2D eigenvalue weighted by atomic mass is 10.0. The second kappa shape index (κ2) is 16.3. The number of carbonyl (C=O) groups is 3. The molecule has 2 aliphatic heterocycles. The first-order valence-electron chi connectivity index (χ1n) is 13.8. The number of halogens is 2. The summed E-state index contributed by atoms with van der Waals surface area (Å²) in [7, 11) is 1.49. The van der Waals surface area contributed by atoms with Crippen molar-refractivity contribution in [2.75, 3.05) is 20.2 Å². The standard InChI is InChI=1S/C29H35Cl2N5O3.CH2O2/c1-39-27-20(10-12-23(30)26(27)31)17-34-28(37)24(8-5-14-32)35-15-13-22(11-9-19-6-3-2-4-7-19)36-18-21(33)16-25(36)29(35)38;2-1-3/h2-4,6-7,10,12,21-22,24-25H,5,8-9,11,13,15-18,33H2,1H3,(H,34,37);1H,(H,2,3)/t21-,22?,24-,25+;/m1./s1. The van der Waals surface area contributed by atoms with Crippen molar-refractivity contribution in [3.63, 3.8) is 0 Å². The van der Waals surface area contributed by atoms with Gasteiger partial charge in [0.15, 0.2) is 0 Å². The third kappa shape index (κ3) is 8.35. The van der Waals surface area contributed by atoms with Crippen molar-refractivity contribution in [3.05, 3.63) is 63.6 Å². The molecule has 2 heterocycles. The van der Waals surface area contributed by atoms with E-state index in [-0.39, 0.29) is 60.8 Å². The zero-order valence-electron chi connectivity index (χ0n) is 23.5. The maximum absolute atomic E-state index is 13.9. The van der Waals surface area contributed by atoms with Crippen molar-refractivity contribution >= 4 is 41.5 Å². The van der Waals surface area contributed by atoms with Gasteiger partial charge in [0.05, 0.1) is 24.2 Å². The lowest BCUT2D eigenvalue weighted by Crippen LogP contribution is -2.53. The summed E-state index contributed by atoms with van der Waals surface area (Å²) in [6.45, 7) is 1.00. The number of aryl methyl sites for hydroxylation is 1. The highest BCUT2D eigenvalue weighted by Crippen LogP contribution is 2.35. The molecule has 12 heteroatoms. The van der Waals surface area contributed by atoms with Crippen LogP contribution in [0.4, 0.5) is 0 Å². The zero-order valence-corrected chi connectivity index (χ0v) is 25.1. The summed E-state index contributed by atoms with van der Waals surface area (Å²) in [5.74, 6) is -0.0144. The number of hydrogen-bond acceptors (Lipinski definition) is 7. The Kier molecular flexibility index (Phi) is 12.9. The molecule has 2 aliphatic rings. The zero-order chi connectivity index (χ0) is 30.6. The highest BCUT2D eigenvalue weighted by Gasteiger charge is 2.45. The van der Waals surface area contributed by atoms with Crippen LogP contribution >= 0.6 is 23.2 Å². The van der Waals surface area contributed by atoms with Crippen molar-refractivity contribution in [2.45, 2.75) is 69.2 Å². The molecule has 2 aromatic carbocycles. The van der Waals surface area contributed by atoms with Gasteiger partial charge >= 0.3 is 0 Å². The average Bonchev–Trinajstić information content (AvgIpc) is 3.33. The van der Waals surface area contributed by atoms with Gasteiger partial charge in [0.2, 0.25) is 11.8 Å². The number of fused-ring (bicyclic) bond motifs is 1. The molecule has 0 spiro atoms. The van der Waals surface area contributed by atoms with Crippen molar-refractivity contribution < 1.29 is 24.2 Å². The van der Waals surface area contributed by atoms with Gasteiger partial charge in [0, 0.05) is 43.7 Å². The van der Waals surface area contributed by atoms with E-state index in [1.165, 1.54) is 12.7 Å². The molecule has 0 bridgehead atoms. The Hall–Kier alpha value is -3.36. The molecule has 4 rings (SSSR count). The third-order valence-electron chi connectivity index (χ3n) is 7.72.